The summed E-state index contributed by atoms with van der Waals surface area (Å²) in [5, 5.41) is 1.97. The lowest BCUT2D eigenvalue weighted by Crippen LogP contribution is -2.13. The number of hydrogen-bond acceptors (Lipinski definition) is 2. The molecule has 0 amide bonds. The Morgan fingerprint density at radius 1 is 1.29 bits per heavy atom. The van der Waals surface area contributed by atoms with Gasteiger partial charge in [-0.1, -0.05) is 6.07 Å². The molecule has 4 heteroatoms. The fourth-order valence-corrected chi connectivity index (χ4v) is 2.47. The van der Waals surface area contributed by atoms with Crippen LogP contribution in [-0.4, -0.2) is 0 Å². The van der Waals surface area contributed by atoms with Crippen LogP contribution in [0.4, 0.5) is 8.78 Å². The van der Waals surface area contributed by atoms with Crippen LogP contribution < -0.4 is 5.73 Å². The number of aryl methyl sites for hydroxylation is 1. The van der Waals surface area contributed by atoms with E-state index >= 15 is 0 Å². The first-order valence-corrected chi connectivity index (χ1v) is 6.19. The van der Waals surface area contributed by atoms with Crippen molar-refractivity contribution in [2.24, 2.45) is 5.73 Å². The second kappa shape index (κ2) is 4.94. The zero-order valence-corrected chi connectivity index (χ0v) is 10.2. The highest BCUT2D eigenvalue weighted by molar-refractivity contribution is 7.10. The van der Waals surface area contributed by atoms with Crippen LogP contribution in [0.15, 0.2) is 29.6 Å². The number of benzene rings is 1. The van der Waals surface area contributed by atoms with Crippen molar-refractivity contribution < 1.29 is 8.78 Å². The van der Waals surface area contributed by atoms with E-state index < -0.39 is 11.6 Å². The van der Waals surface area contributed by atoms with E-state index in [0.29, 0.717) is 12.0 Å². The topological polar surface area (TPSA) is 26.0 Å². The predicted molar refractivity (Wildman–Crippen MR) is 66.0 cm³/mol. The van der Waals surface area contributed by atoms with Gasteiger partial charge in [-0.25, -0.2) is 8.78 Å². The first-order valence-electron chi connectivity index (χ1n) is 5.31. The molecule has 1 unspecified atom stereocenters. The molecule has 0 aliphatic carbocycles. The molecule has 1 atom stereocenters. The molecule has 2 N–H and O–H groups in total. The summed E-state index contributed by atoms with van der Waals surface area (Å²) in [6.45, 7) is 2.00. The van der Waals surface area contributed by atoms with E-state index in [1.165, 1.54) is 17.0 Å². The number of rotatable bonds is 3. The van der Waals surface area contributed by atoms with E-state index in [-0.39, 0.29) is 6.04 Å². The smallest absolute Gasteiger partial charge is 0.129 e. The van der Waals surface area contributed by atoms with Crippen LogP contribution in [0.5, 0.6) is 0 Å². The highest BCUT2D eigenvalue weighted by atomic mass is 32.1. The van der Waals surface area contributed by atoms with Crippen molar-refractivity contribution in [2.45, 2.75) is 19.4 Å². The van der Waals surface area contributed by atoms with Crippen LogP contribution >= 0.6 is 11.3 Å². The maximum atomic E-state index is 13.4. The molecule has 0 radical (unpaired) electrons. The van der Waals surface area contributed by atoms with Crippen molar-refractivity contribution in [3.05, 3.63) is 57.3 Å². The van der Waals surface area contributed by atoms with Crippen LogP contribution in [0, 0.1) is 18.6 Å². The zero-order chi connectivity index (χ0) is 12.4. The third-order valence-electron chi connectivity index (χ3n) is 2.63. The van der Waals surface area contributed by atoms with Crippen molar-refractivity contribution in [2.75, 3.05) is 0 Å². The second-order valence-corrected chi connectivity index (χ2v) is 5.15. The molecule has 2 aromatic rings. The molecule has 0 saturated heterocycles. The average Bonchev–Trinajstić information content (AvgIpc) is 2.69. The fraction of sp³-hybridized carbons (Fsp3) is 0.231. The Balaban J connectivity index is 2.15. The maximum absolute atomic E-state index is 13.4. The van der Waals surface area contributed by atoms with E-state index in [1.54, 1.807) is 11.3 Å². The SMILES string of the molecule is Cc1cc(C(N)Cc2ccc(F)cc2F)cs1. The van der Waals surface area contributed by atoms with Gasteiger partial charge in [-0.05, 0) is 42.0 Å². The summed E-state index contributed by atoms with van der Waals surface area (Å²) < 4.78 is 26.2. The molecular weight excluding hydrogens is 240 g/mol. The zero-order valence-electron chi connectivity index (χ0n) is 9.41. The van der Waals surface area contributed by atoms with E-state index in [4.69, 9.17) is 5.73 Å². The Morgan fingerprint density at radius 3 is 2.65 bits per heavy atom. The summed E-state index contributed by atoms with van der Waals surface area (Å²) in [7, 11) is 0. The molecule has 0 fully saturated rings. The van der Waals surface area contributed by atoms with Gasteiger partial charge in [0.05, 0.1) is 0 Å². The maximum Gasteiger partial charge on any atom is 0.129 e. The summed E-state index contributed by atoms with van der Waals surface area (Å²) in [5.74, 6) is -1.10. The minimum atomic E-state index is -0.564. The first-order chi connectivity index (χ1) is 8.06. The fourth-order valence-electron chi connectivity index (χ4n) is 1.70. The lowest BCUT2D eigenvalue weighted by molar-refractivity contribution is 0.563. The number of halogens is 2. The van der Waals surface area contributed by atoms with Gasteiger partial charge in [0.2, 0.25) is 0 Å². The molecule has 1 heterocycles. The summed E-state index contributed by atoms with van der Waals surface area (Å²) in [6.07, 6.45) is 0.377. The molecule has 1 nitrogen and oxygen atoms in total. The third-order valence-corrected chi connectivity index (χ3v) is 3.51. The Labute approximate surface area is 103 Å². The van der Waals surface area contributed by atoms with Crippen molar-refractivity contribution in [3.63, 3.8) is 0 Å². The van der Waals surface area contributed by atoms with Gasteiger partial charge in [-0.15, -0.1) is 11.3 Å². The average molecular weight is 253 g/mol. The largest absolute Gasteiger partial charge is 0.324 e. The van der Waals surface area contributed by atoms with Crippen LogP contribution in [0.1, 0.15) is 22.0 Å². The van der Waals surface area contributed by atoms with Gasteiger partial charge in [0.25, 0.3) is 0 Å². The van der Waals surface area contributed by atoms with Crippen LogP contribution in [-0.2, 0) is 6.42 Å². The molecule has 1 aromatic carbocycles. The minimum Gasteiger partial charge on any atom is -0.324 e. The highest BCUT2D eigenvalue weighted by Crippen LogP contribution is 2.23. The van der Waals surface area contributed by atoms with Gasteiger partial charge in [0.1, 0.15) is 11.6 Å². The van der Waals surface area contributed by atoms with Crippen molar-refractivity contribution in [1.82, 2.24) is 0 Å². The summed E-state index contributed by atoms with van der Waals surface area (Å²) in [4.78, 5) is 1.18. The summed E-state index contributed by atoms with van der Waals surface area (Å²) in [5.41, 5.74) is 7.44. The number of thiophene rings is 1. The van der Waals surface area contributed by atoms with Gasteiger partial charge >= 0.3 is 0 Å². The minimum absolute atomic E-state index is 0.250. The monoisotopic (exact) mass is 253 g/mol. The van der Waals surface area contributed by atoms with Crippen LogP contribution in [0.2, 0.25) is 0 Å². The molecule has 0 spiro atoms. The van der Waals surface area contributed by atoms with Gasteiger partial charge in [0.15, 0.2) is 0 Å². The molecule has 0 aliphatic heterocycles. The quantitative estimate of drug-likeness (QED) is 0.889. The van der Waals surface area contributed by atoms with E-state index in [2.05, 4.69) is 0 Å². The molecule has 17 heavy (non-hydrogen) atoms. The van der Waals surface area contributed by atoms with Crippen molar-refractivity contribution in [1.29, 1.82) is 0 Å². The van der Waals surface area contributed by atoms with Gasteiger partial charge in [-0.3, -0.25) is 0 Å². The van der Waals surface area contributed by atoms with E-state index in [1.807, 2.05) is 18.4 Å². The van der Waals surface area contributed by atoms with Gasteiger partial charge < -0.3 is 5.73 Å². The molecule has 0 aliphatic rings. The molecule has 0 bridgehead atoms. The predicted octanol–water partition coefficient (Wildman–Crippen LogP) is 3.58. The summed E-state index contributed by atoms with van der Waals surface area (Å²) in [6, 6.07) is 5.34. The standard InChI is InChI=1S/C13H13F2NS/c1-8-4-10(7-17-8)13(16)5-9-2-3-11(14)6-12(9)15/h2-4,6-7,13H,5,16H2,1H3. The normalized spacial score (nSPS) is 12.7. The molecule has 90 valence electrons. The second-order valence-electron chi connectivity index (χ2n) is 4.04. The lowest BCUT2D eigenvalue weighted by Gasteiger charge is -2.10. The number of nitrogens with two attached hydrogens (primary N) is 1. The number of hydrogen-bond donors (Lipinski definition) is 1. The van der Waals surface area contributed by atoms with E-state index in [9.17, 15) is 8.78 Å². The molecule has 2 rings (SSSR count). The Bertz CT molecular complexity index is 522. The Kier molecular flexibility index (Phi) is 3.54. The van der Waals surface area contributed by atoms with Crippen molar-refractivity contribution in [3.8, 4) is 0 Å². The van der Waals surface area contributed by atoms with Crippen LogP contribution in [0.25, 0.3) is 0 Å². The van der Waals surface area contributed by atoms with E-state index in [0.717, 1.165) is 11.6 Å². The van der Waals surface area contributed by atoms with Crippen molar-refractivity contribution >= 4 is 11.3 Å². The highest BCUT2D eigenvalue weighted by Gasteiger charge is 2.12. The van der Waals surface area contributed by atoms with Gasteiger partial charge in [0, 0.05) is 17.0 Å². The summed E-state index contributed by atoms with van der Waals surface area (Å²) >= 11 is 1.62. The molecule has 1 aromatic heterocycles. The van der Waals surface area contributed by atoms with Crippen LogP contribution in [0.3, 0.4) is 0 Å². The first kappa shape index (κ1) is 12.2. The Hall–Kier alpha value is -1.26. The Morgan fingerprint density at radius 2 is 2.06 bits per heavy atom. The van der Waals surface area contributed by atoms with Gasteiger partial charge in [-0.2, -0.15) is 0 Å². The lowest BCUT2D eigenvalue weighted by atomic mass is 10.0. The molecular formula is C13H13F2NS. The molecule has 0 saturated carbocycles. The third kappa shape index (κ3) is 2.90.